The van der Waals surface area contributed by atoms with Crippen molar-refractivity contribution in [3.05, 3.63) is 113 Å². The normalized spacial score (nSPS) is 18.9. The topological polar surface area (TPSA) is 85.5 Å². The van der Waals surface area contributed by atoms with Crippen molar-refractivity contribution < 1.29 is 8.42 Å². The van der Waals surface area contributed by atoms with E-state index < -0.39 is 10.0 Å². The number of imidazole rings is 1. The Morgan fingerprint density at radius 2 is 1.67 bits per heavy atom. The van der Waals surface area contributed by atoms with Crippen molar-refractivity contribution in [2.24, 2.45) is 0 Å². The van der Waals surface area contributed by atoms with Gasteiger partial charge in [-0.25, -0.2) is 13.4 Å². The lowest BCUT2D eigenvalue weighted by atomic mass is 9.95. The second-order valence-electron chi connectivity index (χ2n) is 11.1. The molecule has 0 amide bonds. The summed E-state index contributed by atoms with van der Waals surface area (Å²) in [7, 11) is -3.68. The van der Waals surface area contributed by atoms with Gasteiger partial charge in [0, 0.05) is 45.5 Å². The smallest absolute Gasteiger partial charge is 0.264 e. The van der Waals surface area contributed by atoms with Crippen LogP contribution in [0.5, 0.6) is 0 Å². The van der Waals surface area contributed by atoms with E-state index in [1.54, 1.807) is 10.4 Å². The molecule has 4 aromatic rings. The number of nitriles is 1. The summed E-state index contributed by atoms with van der Waals surface area (Å²) in [5.41, 5.74) is 5.64. The van der Waals surface area contributed by atoms with Crippen LogP contribution in [0.2, 0.25) is 0 Å². The summed E-state index contributed by atoms with van der Waals surface area (Å²) < 4.78 is 31.7. The van der Waals surface area contributed by atoms with E-state index in [4.69, 9.17) is 5.26 Å². The molecule has 0 spiro atoms. The molecule has 1 aromatic heterocycles. The third kappa shape index (κ3) is 5.45. The number of benzene rings is 3. The van der Waals surface area contributed by atoms with Crippen LogP contribution >= 0.6 is 0 Å². The summed E-state index contributed by atoms with van der Waals surface area (Å²) in [6.07, 6.45) is 5.54. The van der Waals surface area contributed by atoms with Gasteiger partial charge in [-0.15, -0.1) is 0 Å². The SMILES string of the molecule is CCCN1c2ccccc2C(N2CCCN(Cc3cncn3Cc3ccc(C#N)cc3)CC2)c2ccccc2S1(=O)=O. The largest absolute Gasteiger partial charge is 0.329 e. The number of hydrogen-bond donors (Lipinski definition) is 0. The highest BCUT2D eigenvalue weighted by Gasteiger charge is 2.38. The molecule has 2 aliphatic heterocycles. The van der Waals surface area contributed by atoms with E-state index in [0.717, 1.165) is 73.6 Å². The van der Waals surface area contributed by atoms with Crippen LogP contribution in [0, 0.1) is 11.3 Å². The first kappa shape index (κ1) is 28.2. The number of sulfonamides is 1. The molecular weight excluding hydrogens is 544 g/mol. The quantitative estimate of drug-likeness (QED) is 0.305. The van der Waals surface area contributed by atoms with Gasteiger partial charge in [0.1, 0.15) is 0 Å². The number of aromatic nitrogens is 2. The monoisotopic (exact) mass is 580 g/mol. The zero-order chi connectivity index (χ0) is 29.1. The second-order valence-corrected chi connectivity index (χ2v) is 12.9. The Morgan fingerprint density at radius 3 is 2.45 bits per heavy atom. The molecule has 0 radical (unpaired) electrons. The van der Waals surface area contributed by atoms with Gasteiger partial charge in [0.05, 0.1) is 40.3 Å². The maximum atomic E-state index is 14.0. The van der Waals surface area contributed by atoms with Crippen LogP contribution in [0.25, 0.3) is 0 Å². The number of para-hydroxylation sites is 1. The van der Waals surface area contributed by atoms with Crippen molar-refractivity contribution in [1.29, 1.82) is 5.26 Å². The molecule has 216 valence electrons. The Bertz CT molecular complexity index is 1690. The fraction of sp³-hybridized carbons (Fsp3) is 0.333. The molecule has 8 nitrogen and oxygen atoms in total. The third-order valence-electron chi connectivity index (χ3n) is 8.32. The third-order valence-corrected chi connectivity index (χ3v) is 10.2. The van der Waals surface area contributed by atoms with Crippen molar-refractivity contribution in [3.63, 3.8) is 0 Å². The number of fused-ring (bicyclic) bond motifs is 2. The Hall–Kier alpha value is -3.97. The van der Waals surface area contributed by atoms with Crippen LogP contribution in [0.15, 0.2) is 90.2 Å². The molecule has 1 fully saturated rings. The minimum atomic E-state index is -3.68. The number of anilines is 1. The highest BCUT2D eigenvalue weighted by Crippen LogP contribution is 2.43. The van der Waals surface area contributed by atoms with Crippen LogP contribution in [0.3, 0.4) is 0 Å². The van der Waals surface area contributed by atoms with E-state index in [-0.39, 0.29) is 6.04 Å². The molecule has 1 saturated heterocycles. The maximum absolute atomic E-state index is 14.0. The molecule has 1 atom stereocenters. The van der Waals surface area contributed by atoms with Gasteiger partial charge in [0.25, 0.3) is 10.0 Å². The lowest BCUT2D eigenvalue weighted by Crippen LogP contribution is -2.34. The van der Waals surface area contributed by atoms with Crippen LogP contribution in [0.1, 0.15) is 53.8 Å². The van der Waals surface area contributed by atoms with Crippen molar-refractivity contribution in [3.8, 4) is 6.07 Å². The van der Waals surface area contributed by atoms with E-state index in [1.165, 1.54) is 0 Å². The summed E-state index contributed by atoms with van der Waals surface area (Å²) >= 11 is 0. The molecule has 3 aromatic carbocycles. The van der Waals surface area contributed by atoms with Crippen LogP contribution in [0.4, 0.5) is 5.69 Å². The Labute approximate surface area is 248 Å². The van der Waals surface area contributed by atoms with Crippen molar-refractivity contribution >= 4 is 15.7 Å². The van der Waals surface area contributed by atoms with Gasteiger partial charge in [-0.2, -0.15) is 5.26 Å². The lowest BCUT2D eigenvalue weighted by Gasteiger charge is -2.32. The average Bonchev–Trinajstić information content (AvgIpc) is 3.27. The minimum absolute atomic E-state index is 0.143. The fourth-order valence-corrected chi connectivity index (χ4v) is 8.09. The van der Waals surface area contributed by atoms with Gasteiger partial charge in [-0.3, -0.25) is 14.1 Å². The van der Waals surface area contributed by atoms with E-state index in [2.05, 4.69) is 31.5 Å². The summed E-state index contributed by atoms with van der Waals surface area (Å²) in [5, 5.41) is 9.10. The molecule has 3 heterocycles. The highest BCUT2D eigenvalue weighted by atomic mass is 32.2. The number of rotatable bonds is 7. The van der Waals surface area contributed by atoms with Crippen LogP contribution in [-0.2, 0) is 23.1 Å². The molecule has 42 heavy (non-hydrogen) atoms. The Morgan fingerprint density at radius 1 is 0.905 bits per heavy atom. The summed E-state index contributed by atoms with van der Waals surface area (Å²) in [4.78, 5) is 9.79. The molecule has 0 aliphatic carbocycles. The summed E-state index contributed by atoms with van der Waals surface area (Å²) in [5.74, 6) is 0. The van der Waals surface area contributed by atoms with Gasteiger partial charge in [0.15, 0.2) is 0 Å². The van der Waals surface area contributed by atoms with E-state index in [0.29, 0.717) is 23.5 Å². The lowest BCUT2D eigenvalue weighted by molar-refractivity contribution is 0.218. The van der Waals surface area contributed by atoms with Gasteiger partial charge >= 0.3 is 0 Å². The van der Waals surface area contributed by atoms with Crippen molar-refractivity contribution in [2.45, 2.75) is 43.8 Å². The summed E-state index contributed by atoms with van der Waals surface area (Å²) in [6.45, 7) is 7.49. The molecule has 0 saturated carbocycles. The first-order valence-corrected chi connectivity index (χ1v) is 16.1. The molecular formula is C33H36N6O2S. The molecule has 2 aliphatic rings. The maximum Gasteiger partial charge on any atom is 0.264 e. The zero-order valence-electron chi connectivity index (χ0n) is 23.9. The highest BCUT2D eigenvalue weighted by molar-refractivity contribution is 7.93. The van der Waals surface area contributed by atoms with Gasteiger partial charge < -0.3 is 4.57 Å². The average molecular weight is 581 g/mol. The first-order chi connectivity index (χ1) is 20.5. The predicted molar refractivity (Wildman–Crippen MR) is 164 cm³/mol. The van der Waals surface area contributed by atoms with Crippen molar-refractivity contribution in [2.75, 3.05) is 37.0 Å². The molecule has 9 heteroatoms. The standard InChI is InChI=1S/C33H36N6O2S/c1-2-16-39-31-10-5-3-8-29(31)33(30-9-4-6-11-32(30)42(39,40)41)37-18-7-17-36(19-20-37)24-28-22-35-25-38(28)23-27-14-12-26(21-34)13-15-27/h3-6,8-15,22,25,33H,2,7,16-20,23-24H2,1H3. The summed E-state index contributed by atoms with van der Waals surface area (Å²) in [6, 6.07) is 25.3. The number of nitrogens with zero attached hydrogens (tertiary/aromatic N) is 6. The van der Waals surface area contributed by atoms with Crippen LogP contribution in [-0.4, -0.2) is 60.5 Å². The van der Waals surface area contributed by atoms with Gasteiger partial charge in [-0.1, -0.05) is 55.5 Å². The predicted octanol–water partition coefficient (Wildman–Crippen LogP) is 5.02. The molecule has 0 bridgehead atoms. The van der Waals surface area contributed by atoms with E-state index >= 15 is 0 Å². The molecule has 0 N–H and O–H groups in total. The fourth-order valence-electron chi connectivity index (χ4n) is 6.28. The van der Waals surface area contributed by atoms with E-state index in [1.807, 2.05) is 80.1 Å². The Kier molecular flexibility index (Phi) is 8.11. The van der Waals surface area contributed by atoms with Crippen LogP contribution < -0.4 is 4.31 Å². The van der Waals surface area contributed by atoms with Gasteiger partial charge in [0.2, 0.25) is 0 Å². The van der Waals surface area contributed by atoms with E-state index in [9.17, 15) is 8.42 Å². The molecule has 1 unspecified atom stereocenters. The van der Waals surface area contributed by atoms with Crippen molar-refractivity contribution in [1.82, 2.24) is 19.4 Å². The first-order valence-electron chi connectivity index (χ1n) is 14.6. The Balaban J connectivity index is 1.25. The number of hydrogen-bond acceptors (Lipinski definition) is 6. The second kappa shape index (κ2) is 12.1. The minimum Gasteiger partial charge on any atom is -0.329 e. The van der Waals surface area contributed by atoms with Gasteiger partial charge in [-0.05, 0) is 60.3 Å². The zero-order valence-corrected chi connectivity index (χ0v) is 24.7. The molecule has 6 rings (SSSR count).